The minimum absolute atomic E-state index is 0.0574. The molecule has 0 N–H and O–H groups in total. The summed E-state index contributed by atoms with van der Waals surface area (Å²) in [5.74, 6) is 1.06. The maximum absolute atomic E-state index is 13.0. The van der Waals surface area contributed by atoms with Gasteiger partial charge in [-0.25, -0.2) is 4.98 Å². The lowest BCUT2D eigenvalue weighted by molar-refractivity contribution is 0.0730. The third-order valence-corrected chi connectivity index (χ3v) is 5.08. The Morgan fingerprint density at radius 1 is 1.29 bits per heavy atom. The van der Waals surface area contributed by atoms with E-state index in [0.29, 0.717) is 42.6 Å². The van der Waals surface area contributed by atoms with Crippen LogP contribution in [0.4, 0.5) is 0 Å². The lowest BCUT2D eigenvalue weighted by Crippen LogP contribution is -2.37. The molecule has 0 fully saturated rings. The number of pyridine rings is 1. The van der Waals surface area contributed by atoms with Gasteiger partial charge in [-0.15, -0.1) is 0 Å². The molecule has 3 aromatic heterocycles. The molecule has 8 nitrogen and oxygen atoms in total. The zero-order chi connectivity index (χ0) is 19.8. The van der Waals surface area contributed by atoms with Gasteiger partial charge in [0, 0.05) is 49.6 Å². The Kier molecular flexibility index (Phi) is 4.62. The largest absolute Gasteiger partial charge is 0.471 e. The van der Waals surface area contributed by atoms with Gasteiger partial charge in [0.15, 0.2) is 0 Å². The van der Waals surface area contributed by atoms with Crippen LogP contribution in [0.25, 0.3) is 0 Å². The van der Waals surface area contributed by atoms with Gasteiger partial charge in [0.05, 0.1) is 5.69 Å². The van der Waals surface area contributed by atoms with Crippen LogP contribution in [0.1, 0.15) is 44.5 Å². The minimum Gasteiger partial charge on any atom is -0.471 e. The molecule has 0 aliphatic carbocycles. The molecule has 0 unspecified atom stereocenters. The molecule has 8 heteroatoms. The second kappa shape index (κ2) is 7.10. The average molecular weight is 381 g/mol. The molecule has 0 aromatic carbocycles. The van der Waals surface area contributed by atoms with Gasteiger partial charge < -0.3 is 14.2 Å². The third kappa shape index (κ3) is 3.26. The maximum Gasteiger partial charge on any atom is 0.259 e. The van der Waals surface area contributed by atoms with Crippen LogP contribution in [0.5, 0.6) is 5.88 Å². The highest BCUT2D eigenvalue weighted by atomic mass is 16.5. The third-order valence-electron chi connectivity index (χ3n) is 5.08. The molecule has 0 bridgehead atoms. The van der Waals surface area contributed by atoms with E-state index in [0.717, 1.165) is 29.1 Å². The smallest absolute Gasteiger partial charge is 0.259 e. The van der Waals surface area contributed by atoms with Gasteiger partial charge in [-0.1, -0.05) is 11.2 Å². The molecule has 4 rings (SSSR count). The van der Waals surface area contributed by atoms with E-state index in [1.807, 2.05) is 41.8 Å². The number of aryl methyl sites for hydroxylation is 4. The molecule has 28 heavy (non-hydrogen) atoms. The monoisotopic (exact) mass is 381 g/mol. The van der Waals surface area contributed by atoms with Crippen LogP contribution in [0.3, 0.4) is 0 Å². The van der Waals surface area contributed by atoms with E-state index in [4.69, 9.17) is 9.26 Å². The molecule has 1 amide bonds. The van der Waals surface area contributed by atoms with Crippen molar-refractivity contribution in [1.82, 2.24) is 24.8 Å². The van der Waals surface area contributed by atoms with Gasteiger partial charge >= 0.3 is 0 Å². The summed E-state index contributed by atoms with van der Waals surface area (Å²) >= 11 is 0. The molecular formula is C20H23N5O3. The second-order valence-corrected chi connectivity index (χ2v) is 7.08. The quantitative estimate of drug-likeness (QED) is 0.690. The number of hydrogen-bond acceptors (Lipinski definition) is 6. The minimum atomic E-state index is -0.0574. The fourth-order valence-electron chi connectivity index (χ4n) is 3.65. The zero-order valence-corrected chi connectivity index (χ0v) is 16.5. The van der Waals surface area contributed by atoms with Gasteiger partial charge in [0.2, 0.25) is 5.88 Å². The summed E-state index contributed by atoms with van der Waals surface area (Å²) in [6, 6.07) is 5.67. The fraction of sp³-hybridized carbons (Fsp3) is 0.400. The topological polar surface area (TPSA) is 86.3 Å². The number of carbonyl (C=O) groups is 1. The van der Waals surface area contributed by atoms with Gasteiger partial charge in [0.25, 0.3) is 5.91 Å². The summed E-state index contributed by atoms with van der Waals surface area (Å²) in [5.41, 5.74) is 5.08. The number of nitrogens with zero attached hydrogens (tertiary/aromatic N) is 5. The van der Waals surface area contributed by atoms with E-state index < -0.39 is 0 Å². The number of amides is 1. The van der Waals surface area contributed by atoms with Gasteiger partial charge in [0.1, 0.15) is 23.6 Å². The first kappa shape index (κ1) is 18.2. The van der Waals surface area contributed by atoms with Crippen molar-refractivity contribution < 1.29 is 14.1 Å². The first-order chi connectivity index (χ1) is 13.4. The maximum atomic E-state index is 13.0. The SMILES string of the molecule is Cc1cccc(OCc2nn(C)c3c2CN(C(=O)c2c(C)noc2C)CC3)n1. The number of fused-ring (bicyclic) bond motifs is 1. The highest BCUT2D eigenvalue weighted by Gasteiger charge is 2.30. The Balaban J connectivity index is 1.55. The van der Waals surface area contributed by atoms with E-state index in [1.54, 1.807) is 13.8 Å². The van der Waals surface area contributed by atoms with Crippen LogP contribution >= 0.6 is 0 Å². The van der Waals surface area contributed by atoms with E-state index in [9.17, 15) is 4.79 Å². The summed E-state index contributed by atoms with van der Waals surface area (Å²) in [7, 11) is 1.93. The van der Waals surface area contributed by atoms with Crippen LogP contribution in [-0.2, 0) is 26.6 Å². The van der Waals surface area contributed by atoms with Crippen LogP contribution in [0, 0.1) is 20.8 Å². The van der Waals surface area contributed by atoms with Crippen molar-refractivity contribution in [1.29, 1.82) is 0 Å². The van der Waals surface area contributed by atoms with Gasteiger partial charge in [-0.05, 0) is 26.8 Å². The number of carbonyl (C=O) groups excluding carboxylic acids is 1. The molecule has 1 aliphatic heterocycles. The fourth-order valence-corrected chi connectivity index (χ4v) is 3.65. The Labute approximate surface area is 163 Å². The van der Waals surface area contributed by atoms with Crippen LogP contribution in [0.2, 0.25) is 0 Å². The molecule has 0 saturated heterocycles. The predicted octanol–water partition coefficient (Wildman–Crippen LogP) is 2.51. The Morgan fingerprint density at radius 2 is 2.11 bits per heavy atom. The molecule has 4 heterocycles. The number of ether oxygens (including phenoxy) is 1. The molecular weight excluding hydrogens is 358 g/mol. The summed E-state index contributed by atoms with van der Waals surface area (Å²) in [6.45, 7) is 6.92. The predicted molar refractivity (Wildman–Crippen MR) is 101 cm³/mol. The Bertz CT molecular complexity index is 1020. The first-order valence-electron chi connectivity index (χ1n) is 9.26. The van der Waals surface area contributed by atoms with Gasteiger partial charge in [-0.3, -0.25) is 9.48 Å². The lowest BCUT2D eigenvalue weighted by atomic mass is 10.0. The molecule has 0 radical (unpaired) electrons. The van der Waals surface area contributed by atoms with Crippen LogP contribution in [-0.4, -0.2) is 37.3 Å². The normalized spacial score (nSPS) is 13.5. The zero-order valence-electron chi connectivity index (χ0n) is 16.5. The van der Waals surface area contributed by atoms with Crippen LogP contribution < -0.4 is 4.74 Å². The number of rotatable bonds is 4. The van der Waals surface area contributed by atoms with Crippen molar-refractivity contribution in [3.05, 3.63) is 57.9 Å². The standard InChI is InChI=1S/C20H23N5O3/c1-12-6-5-7-18(21-12)27-11-16-15-10-25(9-8-17(15)24(4)22-16)20(26)19-13(2)23-28-14(19)3/h5-7H,8-11H2,1-4H3. The summed E-state index contributed by atoms with van der Waals surface area (Å²) in [4.78, 5) is 19.2. The van der Waals surface area contributed by atoms with Gasteiger partial charge in [-0.2, -0.15) is 5.10 Å². The van der Waals surface area contributed by atoms with E-state index in [1.165, 1.54) is 0 Å². The number of aromatic nitrogens is 4. The summed E-state index contributed by atoms with van der Waals surface area (Å²) < 4.78 is 12.9. The molecule has 0 saturated carbocycles. The Hall–Kier alpha value is -3.16. The molecule has 0 atom stereocenters. The first-order valence-corrected chi connectivity index (χ1v) is 9.26. The van der Waals surface area contributed by atoms with E-state index in [2.05, 4.69) is 15.2 Å². The van der Waals surface area contributed by atoms with Crippen molar-refractivity contribution in [2.24, 2.45) is 7.05 Å². The van der Waals surface area contributed by atoms with Crippen molar-refractivity contribution in [2.75, 3.05) is 6.54 Å². The van der Waals surface area contributed by atoms with Crippen molar-refractivity contribution >= 4 is 5.91 Å². The van der Waals surface area contributed by atoms with Crippen molar-refractivity contribution in [3.63, 3.8) is 0 Å². The highest BCUT2D eigenvalue weighted by Crippen LogP contribution is 2.26. The summed E-state index contributed by atoms with van der Waals surface area (Å²) in [6.07, 6.45) is 0.747. The Morgan fingerprint density at radius 3 is 2.82 bits per heavy atom. The van der Waals surface area contributed by atoms with E-state index in [-0.39, 0.29) is 5.91 Å². The highest BCUT2D eigenvalue weighted by molar-refractivity contribution is 5.96. The van der Waals surface area contributed by atoms with E-state index >= 15 is 0 Å². The number of hydrogen-bond donors (Lipinski definition) is 0. The molecule has 146 valence electrons. The van der Waals surface area contributed by atoms with Crippen molar-refractivity contribution in [2.45, 2.75) is 40.3 Å². The van der Waals surface area contributed by atoms with Crippen LogP contribution in [0.15, 0.2) is 22.7 Å². The molecule has 0 spiro atoms. The average Bonchev–Trinajstić information content (AvgIpc) is 3.18. The molecule has 3 aromatic rings. The second-order valence-electron chi connectivity index (χ2n) is 7.08. The van der Waals surface area contributed by atoms with Crippen molar-refractivity contribution in [3.8, 4) is 5.88 Å². The summed E-state index contributed by atoms with van der Waals surface area (Å²) in [5, 5.41) is 8.52. The molecule has 1 aliphatic rings. The lowest BCUT2D eigenvalue weighted by Gasteiger charge is -2.27.